The fourth-order valence-corrected chi connectivity index (χ4v) is 2.02. The molecule has 20 heavy (non-hydrogen) atoms. The topological polar surface area (TPSA) is 33.2 Å². The molecule has 1 aromatic heterocycles. The monoisotopic (exact) mass is 272 g/mol. The van der Waals surface area contributed by atoms with Crippen LogP contribution in [0.3, 0.4) is 0 Å². The molecular formula is C16H17FN2O. The van der Waals surface area contributed by atoms with Crippen LogP contribution < -0.4 is 0 Å². The van der Waals surface area contributed by atoms with Crippen molar-refractivity contribution >= 4 is 5.91 Å². The maximum absolute atomic E-state index is 13.6. The summed E-state index contributed by atoms with van der Waals surface area (Å²) in [5.41, 5.74) is 1.24. The minimum atomic E-state index is -0.472. The van der Waals surface area contributed by atoms with Gasteiger partial charge < -0.3 is 4.90 Å². The highest BCUT2D eigenvalue weighted by Crippen LogP contribution is 2.11. The Kier molecular flexibility index (Phi) is 4.82. The number of halogens is 1. The number of carbonyl (C=O) groups excluding carboxylic acids is 1. The van der Waals surface area contributed by atoms with Crippen LogP contribution in [-0.2, 0) is 6.42 Å². The van der Waals surface area contributed by atoms with Crippen molar-refractivity contribution in [1.82, 2.24) is 9.88 Å². The highest BCUT2D eigenvalue weighted by Gasteiger charge is 2.17. The van der Waals surface area contributed by atoms with Gasteiger partial charge in [-0.15, -0.1) is 0 Å². The molecule has 0 radical (unpaired) electrons. The lowest BCUT2D eigenvalue weighted by Crippen LogP contribution is -2.33. The predicted molar refractivity (Wildman–Crippen MR) is 75.9 cm³/mol. The van der Waals surface area contributed by atoms with E-state index < -0.39 is 5.82 Å². The van der Waals surface area contributed by atoms with Gasteiger partial charge >= 0.3 is 0 Å². The molecule has 0 spiro atoms. The number of amides is 1. The maximum atomic E-state index is 13.6. The quantitative estimate of drug-likeness (QED) is 0.838. The molecule has 0 atom stereocenters. The first-order chi connectivity index (χ1) is 9.72. The van der Waals surface area contributed by atoms with Crippen molar-refractivity contribution in [3.05, 3.63) is 65.7 Å². The van der Waals surface area contributed by atoms with Crippen molar-refractivity contribution in [1.29, 1.82) is 0 Å². The molecule has 0 unspecified atom stereocenters. The molecule has 0 saturated carbocycles. The zero-order valence-electron chi connectivity index (χ0n) is 11.4. The lowest BCUT2D eigenvalue weighted by atomic mass is 10.1. The van der Waals surface area contributed by atoms with E-state index in [4.69, 9.17) is 0 Å². The Labute approximate surface area is 118 Å². The number of nitrogens with zero attached hydrogens (tertiary/aromatic N) is 2. The third kappa shape index (κ3) is 3.41. The van der Waals surface area contributed by atoms with Crippen LogP contribution in [0.2, 0.25) is 0 Å². The second-order valence-electron chi connectivity index (χ2n) is 4.47. The largest absolute Gasteiger partial charge is 0.339 e. The number of benzene rings is 1. The van der Waals surface area contributed by atoms with Crippen molar-refractivity contribution in [2.45, 2.75) is 13.3 Å². The van der Waals surface area contributed by atoms with E-state index in [0.717, 1.165) is 12.0 Å². The van der Waals surface area contributed by atoms with E-state index in [0.29, 0.717) is 13.1 Å². The molecule has 1 heterocycles. The Bertz CT molecular complexity index is 572. The third-order valence-electron chi connectivity index (χ3n) is 3.19. The standard InChI is InChI=1S/C16H17FN2O/c1-2-19(12-9-13-7-10-18-11-8-13)16(20)14-5-3-4-6-15(14)17/h3-8,10-11H,2,9,12H2,1H3. The highest BCUT2D eigenvalue weighted by atomic mass is 19.1. The Morgan fingerprint density at radius 2 is 1.90 bits per heavy atom. The van der Waals surface area contributed by atoms with Gasteiger partial charge in [-0.05, 0) is 43.2 Å². The van der Waals surface area contributed by atoms with Gasteiger partial charge in [0.25, 0.3) is 5.91 Å². The number of aromatic nitrogens is 1. The Morgan fingerprint density at radius 1 is 1.20 bits per heavy atom. The molecule has 4 heteroatoms. The van der Waals surface area contributed by atoms with Gasteiger partial charge in [-0.2, -0.15) is 0 Å². The third-order valence-corrected chi connectivity index (χ3v) is 3.19. The fourth-order valence-electron chi connectivity index (χ4n) is 2.02. The summed E-state index contributed by atoms with van der Waals surface area (Å²) in [6.07, 6.45) is 4.19. The van der Waals surface area contributed by atoms with Crippen LogP contribution in [0.25, 0.3) is 0 Å². The number of hydrogen-bond donors (Lipinski definition) is 0. The molecule has 0 bridgehead atoms. The minimum absolute atomic E-state index is 0.129. The summed E-state index contributed by atoms with van der Waals surface area (Å²) >= 11 is 0. The van der Waals surface area contributed by atoms with Gasteiger partial charge in [0.15, 0.2) is 0 Å². The summed E-state index contributed by atoms with van der Waals surface area (Å²) in [6.45, 7) is 3.01. The number of rotatable bonds is 5. The maximum Gasteiger partial charge on any atom is 0.256 e. The lowest BCUT2D eigenvalue weighted by molar-refractivity contribution is 0.0761. The molecule has 0 aliphatic carbocycles. The summed E-state index contributed by atoms with van der Waals surface area (Å²) in [5, 5.41) is 0. The van der Waals surface area contributed by atoms with E-state index in [1.165, 1.54) is 12.1 Å². The van der Waals surface area contributed by atoms with Crippen LogP contribution in [0.4, 0.5) is 4.39 Å². The molecule has 1 amide bonds. The second kappa shape index (κ2) is 6.80. The predicted octanol–water partition coefficient (Wildman–Crippen LogP) is 2.93. The Morgan fingerprint density at radius 3 is 2.55 bits per heavy atom. The van der Waals surface area contributed by atoms with Crippen LogP contribution in [0.1, 0.15) is 22.8 Å². The van der Waals surface area contributed by atoms with Crippen molar-refractivity contribution in [2.75, 3.05) is 13.1 Å². The fraction of sp³-hybridized carbons (Fsp3) is 0.250. The Balaban J connectivity index is 2.05. The number of pyridine rings is 1. The first kappa shape index (κ1) is 14.2. The molecule has 1 aromatic carbocycles. The van der Waals surface area contributed by atoms with Gasteiger partial charge in [0.05, 0.1) is 5.56 Å². The summed E-state index contributed by atoms with van der Waals surface area (Å²) in [5.74, 6) is -0.737. The SMILES string of the molecule is CCN(CCc1ccncc1)C(=O)c1ccccc1F. The van der Waals surface area contributed by atoms with E-state index >= 15 is 0 Å². The molecule has 104 valence electrons. The van der Waals surface area contributed by atoms with Crippen LogP contribution in [-0.4, -0.2) is 28.9 Å². The summed E-state index contributed by atoms with van der Waals surface area (Å²) in [4.78, 5) is 17.9. The molecule has 0 N–H and O–H groups in total. The molecule has 3 nitrogen and oxygen atoms in total. The van der Waals surface area contributed by atoms with E-state index in [1.807, 2.05) is 19.1 Å². The molecule has 0 aliphatic rings. The molecule has 2 aromatic rings. The molecule has 2 rings (SSSR count). The molecule has 0 fully saturated rings. The number of carbonyl (C=O) groups is 1. The van der Waals surface area contributed by atoms with E-state index in [2.05, 4.69) is 4.98 Å². The lowest BCUT2D eigenvalue weighted by Gasteiger charge is -2.21. The van der Waals surface area contributed by atoms with Gasteiger partial charge in [0.1, 0.15) is 5.82 Å². The van der Waals surface area contributed by atoms with Crippen LogP contribution in [0, 0.1) is 5.82 Å². The normalized spacial score (nSPS) is 10.3. The van der Waals surface area contributed by atoms with Crippen LogP contribution in [0.5, 0.6) is 0 Å². The highest BCUT2D eigenvalue weighted by molar-refractivity contribution is 5.94. The first-order valence-corrected chi connectivity index (χ1v) is 6.65. The summed E-state index contributed by atoms with van der Waals surface area (Å²) in [6, 6.07) is 9.92. The zero-order valence-corrected chi connectivity index (χ0v) is 11.4. The molecule has 0 saturated heterocycles. The molecule has 0 aliphatic heterocycles. The molecular weight excluding hydrogens is 255 g/mol. The second-order valence-corrected chi connectivity index (χ2v) is 4.47. The van der Waals surface area contributed by atoms with Gasteiger partial charge in [0, 0.05) is 25.5 Å². The van der Waals surface area contributed by atoms with Crippen molar-refractivity contribution in [2.24, 2.45) is 0 Å². The Hall–Kier alpha value is -2.23. The van der Waals surface area contributed by atoms with Gasteiger partial charge in [-0.25, -0.2) is 4.39 Å². The smallest absolute Gasteiger partial charge is 0.256 e. The number of hydrogen-bond acceptors (Lipinski definition) is 2. The van der Waals surface area contributed by atoms with Crippen molar-refractivity contribution in [3.8, 4) is 0 Å². The van der Waals surface area contributed by atoms with Crippen molar-refractivity contribution < 1.29 is 9.18 Å². The van der Waals surface area contributed by atoms with Crippen LogP contribution >= 0.6 is 0 Å². The van der Waals surface area contributed by atoms with Crippen molar-refractivity contribution in [3.63, 3.8) is 0 Å². The van der Waals surface area contributed by atoms with Gasteiger partial charge in [-0.1, -0.05) is 12.1 Å². The van der Waals surface area contributed by atoms with Crippen LogP contribution in [0.15, 0.2) is 48.8 Å². The first-order valence-electron chi connectivity index (χ1n) is 6.65. The average Bonchev–Trinajstić information content (AvgIpc) is 2.49. The average molecular weight is 272 g/mol. The summed E-state index contributed by atoms with van der Waals surface area (Å²) < 4.78 is 13.6. The van der Waals surface area contributed by atoms with E-state index in [9.17, 15) is 9.18 Å². The minimum Gasteiger partial charge on any atom is -0.339 e. The van der Waals surface area contributed by atoms with E-state index in [1.54, 1.807) is 29.4 Å². The zero-order chi connectivity index (χ0) is 14.4. The van der Waals surface area contributed by atoms with Gasteiger partial charge in [0.2, 0.25) is 0 Å². The van der Waals surface area contributed by atoms with E-state index in [-0.39, 0.29) is 11.5 Å². The summed E-state index contributed by atoms with van der Waals surface area (Å²) in [7, 11) is 0. The van der Waals surface area contributed by atoms with Gasteiger partial charge in [-0.3, -0.25) is 9.78 Å². The number of likely N-dealkylation sites (N-methyl/N-ethyl adjacent to an activating group) is 1.